The lowest BCUT2D eigenvalue weighted by Gasteiger charge is -2.31. The minimum atomic E-state index is -6.46. The maximum Gasteiger partial charge on any atom is 0.435 e. The van der Waals surface area contributed by atoms with Gasteiger partial charge in [-0.25, -0.2) is 8.78 Å². The molecule has 0 radical (unpaired) electrons. The molecule has 0 aliphatic rings. The quantitative estimate of drug-likeness (QED) is 0.415. The van der Waals surface area contributed by atoms with Crippen molar-refractivity contribution in [1.29, 1.82) is 0 Å². The van der Waals surface area contributed by atoms with E-state index in [1.165, 1.54) is 6.07 Å². The number of rotatable bonds is 7. The summed E-state index contributed by atoms with van der Waals surface area (Å²) in [5.74, 6) is -2.13. The van der Waals surface area contributed by atoms with Gasteiger partial charge < -0.3 is 10.1 Å². The third-order valence-corrected chi connectivity index (χ3v) is 4.36. The molecule has 1 aromatic carbocycles. The minimum absolute atomic E-state index is 0.121. The molecule has 1 aromatic heterocycles. The number of alkyl halides is 9. The van der Waals surface area contributed by atoms with Crippen molar-refractivity contribution in [3.8, 4) is 5.75 Å². The predicted octanol–water partition coefficient (Wildman–Crippen LogP) is 7.30. The minimum Gasteiger partial charge on any atom is -0.433 e. The molecule has 0 spiro atoms. The zero-order valence-electron chi connectivity index (χ0n) is 16.5. The molecule has 1 heterocycles. The molecule has 0 saturated carbocycles. The number of pyridine rings is 1. The van der Waals surface area contributed by atoms with E-state index >= 15 is 0 Å². The van der Waals surface area contributed by atoms with Crippen LogP contribution in [0.3, 0.4) is 0 Å². The number of ether oxygens (including phenoxy) is 1. The first kappa shape index (κ1) is 26.0. The van der Waals surface area contributed by atoms with E-state index in [1.54, 1.807) is 0 Å². The molecule has 0 saturated heterocycles. The van der Waals surface area contributed by atoms with Crippen molar-refractivity contribution in [3.05, 3.63) is 66.0 Å². The Hall–Kier alpha value is -3.25. The van der Waals surface area contributed by atoms with E-state index in [0.29, 0.717) is 0 Å². The highest BCUT2D eigenvalue weighted by Gasteiger charge is 2.73. The van der Waals surface area contributed by atoms with Crippen LogP contribution in [0.4, 0.5) is 49.6 Å². The maximum absolute atomic E-state index is 14.4. The van der Waals surface area contributed by atoms with Crippen LogP contribution in [-0.4, -0.2) is 23.9 Å². The average Bonchev–Trinajstić information content (AvgIpc) is 2.67. The molecule has 1 N–H and O–H groups in total. The van der Waals surface area contributed by atoms with Gasteiger partial charge in [0.2, 0.25) is 0 Å². The largest absolute Gasteiger partial charge is 0.435 e. The number of hydrogen-bond donors (Lipinski definition) is 1. The van der Waals surface area contributed by atoms with Crippen molar-refractivity contribution in [2.24, 2.45) is 0 Å². The molecule has 0 atom stereocenters. The fourth-order valence-electron chi connectivity index (χ4n) is 2.78. The average molecular weight is 488 g/mol. The lowest BCUT2D eigenvalue weighted by Crippen LogP contribution is -2.50. The second-order valence-corrected chi connectivity index (χ2v) is 6.64. The van der Waals surface area contributed by atoms with Crippen LogP contribution in [0, 0.1) is 6.92 Å². The first-order chi connectivity index (χ1) is 15.0. The van der Waals surface area contributed by atoms with Crippen molar-refractivity contribution in [1.82, 2.24) is 4.98 Å². The number of hydrogen-bond acceptors (Lipinski definition) is 3. The zero-order valence-corrected chi connectivity index (χ0v) is 16.5. The third-order valence-electron chi connectivity index (χ3n) is 4.36. The second kappa shape index (κ2) is 8.94. The van der Waals surface area contributed by atoms with E-state index in [1.807, 2.05) is 0 Å². The highest BCUT2D eigenvalue weighted by Crippen LogP contribution is 2.54. The summed E-state index contributed by atoms with van der Waals surface area (Å²) in [6.45, 7) is 3.86. The van der Waals surface area contributed by atoms with Crippen molar-refractivity contribution in [2.45, 2.75) is 31.6 Å². The first-order valence-corrected chi connectivity index (χ1v) is 8.68. The molecule has 33 heavy (non-hydrogen) atoms. The lowest BCUT2D eigenvalue weighted by molar-refractivity contribution is -0.348. The van der Waals surface area contributed by atoms with Crippen LogP contribution in [0.2, 0.25) is 0 Å². The fraction of sp³-hybridized carbons (Fsp3) is 0.250. The van der Waals surface area contributed by atoms with Gasteiger partial charge in [-0.1, -0.05) is 13.2 Å². The molecule has 2 aromatic rings. The van der Waals surface area contributed by atoms with Gasteiger partial charge in [0.1, 0.15) is 11.6 Å². The van der Waals surface area contributed by atoms with Gasteiger partial charge in [-0.3, -0.25) is 4.98 Å². The summed E-state index contributed by atoms with van der Waals surface area (Å²) in [5, 5.41) is 2.41. The van der Waals surface area contributed by atoms with Crippen LogP contribution in [0.15, 0.2) is 43.6 Å². The Balaban J connectivity index is 2.62. The van der Waals surface area contributed by atoms with Crippen molar-refractivity contribution in [2.75, 3.05) is 5.32 Å². The maximum atomic E-state index is 14.4. The van der Waals surface area contributed by atoms with Gasteiger partial charge in [-0.2, -0.15) is 35.1 Å². The van der Waals surface area contributed by atoms with Crippen LogP contribution in [0.5, 0.6) is 5.75 Å². The number of nitrogens with one attached hydrogen (secondary N) is 1. The van der Waals surface area contributed by atoms with Crippen molar-refractivity contribution in [3.63, 3.8) is 0 Å². The molecule has 2 rings (SSSR count). The number of benzene rings is 1. The van der Waals surface area contributed by atoms with Gasteiger partial charge in [-0.05, 0) is 36.8 Å². The van der Waals surface area contributed by atoms with E-state index < -0.39 is 53.0 Å². The molecule has 0 fully saturated rings. The van der Waals surface area contributed by atoms with Gasteiger partial charge in [0, 0.05) is 23.0 Å². The normalized spacial score (nSPS) is 12.6. The topological polar surface area (TPSA) is 34.1 Å². The van der Waals surface area contributed by atoms with Gasteiger partial charge >= 0.3 is 24.6 Å². The van der Waals surface area contributed by atoms with Gasteiger partial charge in [0.05, 0.1) is 11.4 Å². The Morgan fingerprint density at radius 1 is 1.00 bits per heavy atom. The van der Waals surface area contributed by atoms with E-state index in [0.717, 1.165) is 19.2 Å². The van der Waals surface area contributed by atoms with Crippen molar-refractivity contribution < 1.29 is 48.6 Å². The highest BCUT2D eigenvalue weighted by molar-refractivity contribution is 5.80. The van der Waals surface area contributed by atoms with Gasteiger partial charge in [-0.15, -0.1) is 0 Å². The fourth-order valence-corrected chi connectivity index (χ4v) is 2.78. The summed E-state index contributed by atoms with van der Waals surface area (Å²) in [7, 11) is 0. The summed E-state index contributed by atoms with van der Waals surface area (Å²) in [4.78, 5) is 3.67. The summed E-state index contributed by atoms with van der Waals surface area (Å²) in [5.41, 5.74) is -9.14. The van der Waals surface area contributed by atoms with Crippen molar-refractivity contribution >= 4 is 17.2 Å². The van der Waals surface area contributed by atoms with E-state index in [-0.39, 0.29) is 29.1 Å². The Kier molecular flexibility index (Phi) is 7.05. The van der Waals surface area contributed by atoms with Gasteiger partial charge in [0.25, 0.3) is 0 Å². The number of halogens is 10. The number of aryl methyl sites for hydroxylation is 1. The molecule has 0 aliphatic heterocycles. The Morgan fingerprint density at radius 2 is 1.58 bits per heavy atom. The third kappa shape index (κ3) is 5.22. The number of anilines is 1. The first-order valence-electron chi connectivity index (χ1n) is 8.68. The zero-order chi connectivity index (χ0) is 25.4. The lowest BCUT2D eigenvalue weighted by atomic mass is 9.91. The SMILES string of the molecule is C=C(Nc1c(C)cc(C(F)(C(F)(F)F)C(F)(F)F)cc1OC(F)F)c1ccnc(C(=C)F)c1. The molecule has 0 unspecified atom stereocenters. The van der Waals surface area contributed by atoms with Gasteiger partial charge in [0.15, 0.2) is 0 Å². The predicted molar refractivity (Wildman–Crippen MR) is 99.7 cm³/mol. The molecule has 0 bridgehead atoms. The van der Waals surface area contributed by atoms with Crippen LogP contribution in [-0.2, 0) is 5.67 Å². The molecular formula is C20H14F10N2O. The summed E-state index contributed by atoms with van der Waals surface area (Å²) in [6, 6.07) is 2.49. The second-order valence-electron chi connectivity index (χ2n) is 6.64. The Morgan fingerprint density at radius 3 is 2.06 bits per heavy atom. The van der Waals surface area contributed by atoms with Crippen LogP contribution < -0.4 is 10.1 Å². The smallest absolute Gasteiger partial charge is 0.433 e. The molecular weight excluding hydrogens is 474 g/mol. The Labute approximate surface area is 180 Å². The van der Waals surface area contributed by atoms with E-state index in [2.05, 4.69) is 28.2 Å². The molecule has 180 valence electrons. The number of nitrogens with zero attached hydrogens (tertiary/aromatic N) is 1. The summed E-state index contributed by atoms with van der Waals surface area (Å²) >= 11 is 0. The molecule has 0 aliphatic carbocycles. The highest BCUT2D eigenvalue weighted by atomic mass is 19.4. The molecule has 3 nitrogen and oxygen atoms in total. The van der Waals surface area contributed by atoms with Crippen LogP contribution in [0.1, 0.15) is 22.4 Å². The monoisotopic (exact) mass is 488 g/mol. The molecule has 0 amide bonds. The summed E-state index contributed by atoms with van der Waals surface area (Å²) in [6.07, 6.45) is -11.8. The number of aromatic nitrogens is 1. The van der Waals surface area contributed by atoms with E-state index in [4.69, 9.17) is 0 Å². The van der Waals surface area contributed by atoms with Crippen LogP contribution in [0.25, 0.3) is 11.5 Å². The van der Waals surface area contributed by atoms with Crippen LogP contribution >= 0.6 is 0 Å². The summed E-state index contributed by atoms with van der Waals surface area (Å²) < 4.78 is 136. The standard InChI is InChI=1S/C20H14F10N2O/c1-9-6-13(18(24,19(25,26)27)20(28,29)30)8-15(33-17(22)23)16(9)32-11(3)12-4-5-31-14(7-12)10(2)21/h4-8,17,32H,2-3H2,1H3. The Bertz CT molecular complexity index is 1050. The van der Waals surface area contributed by atoms with E-state index in [9.17, 15) is 43.9 Å². The molecule has 13 heteroatoms.